The highest BCUT2D eigenvalue weighted by Crippen LogP contribution is 2.31. The number of pyridine rings is 1. The molecular weight excluding hydrogens is 325 g/mol. The molecule has 1 atom stereocenters. The van der Waals surface area contributed by atoms with Crippen molar-refractivity contribution in [1.29, 1.82) is 0 Å². The van der Waals surface area contributed by atoms with E-state index in [1.54, 1.807) is 24.4 Å². The van der Waals surface area contributed by atoms with Crippen LogP contribution in [-0.4, -0.2) is 15.3 Å². The first kappa shape index (κ1) is 16.7. The number of hydrogen-bond donors (Lipinski definition) is 0. The molecule has 24 heavy (non-hydrogen) atoms. The van der Waals surface area contributed by atoms with Crippen LogP contribution >= 0.6 is 0 Å². The van der Waals surface area contributed by atoms with Gasteiger partial charge in [-0.15, -0.1) is 0 Å². The van der Waals surface area contributed by atoms with E-state index < -0.39 is 11.2 Å². The standard InChI is InChI=1S/C19H18FNO2S/c1-3-13-5-6-14(11-17(13)20)23-19-9-10-21-18-8-7-15(12-16(18)19)24(22)4-2/h5-12H,3-4H2,1-2H3. The summed E-state index contributed by atoms with van der Waals surface area (Å²) < 4.78 is 31.9. The largest absolute Gasteiger partial charge is 0.611 e. The third-order valence-electron chi connectivity index (χ3n) is 3.83. The Kier molecular flexibility index (Phi) is 5.02. The van der Waals surface area contributed by atoms with Crippen molar-refractivity contribution in [3.63, 3.8) is 0 Å². The van der Waals surface area contributed by atoms with Crippen LogP contribution in [0.4, 0.5) is 4.39 Å². The van der Waals surface area contributed by atoms with E-state index in [2.05, 4.69) is 4.98 Å². The third-order valence-corrected chi connectivity index (χ3v) is 5.14. The molecule has 1 unspecified atom stereocenters. The van der Waals surface area contributed by atoms with Gasteiger partial charge in [-0.3, -0.25) is 4.98 Å². The number of rotatable bonds is 5. The summed E-state index contributed by atoms with van der Waals surface area (Å²) in [6, 6.07) is 12.1. The van der Waals surface area contributed by atoms with Crippen LogP contribution in [0, 0.1) is 5.82 Å². The maximum Gasteiger partial charge on any atom is 0.153 e. The highest BCUT2D eigenvalue weighted by molar-refractivity contribution is 7.91. The molecule has 0 saturated heterocycles. The van der Waals surface area contributed by atoms with E-state index in [1.807, 2.05) is 32.0 Å². The van der Waals surface area contributed by atoms with Crippen molar-refractivity contribution in [2.75, 3.05) is 5.75 Å². The minimum Gasteiger partial charge on any atom is -0.611 e. The number of fused-ring (bicyclic) bond motifs is 1. The lowest BCUT2D eigenvalue weighted by Gasteiger charge is -2.12. The molecule has 5 heteroatoms. The fourth-order valence-corrected chi connectivity index (χ4v) is 3.31. The first-order chi connectivity index (χ1) is 11.6. The Balaban J connectivity index is 2.00. The van der Waals surface area contributed by atoms with Crippen LogP contribution in [0.3, 0.4) is 0 Å². The van der Waals surface area contributed by atoms with Gasteiger partial charge < -0.3 is 9.29 Å². The van der Waals surface area contributed by atoms with Crippen molar-refractivity contribution in [3.8, 4) is 11.5 Å². The van der Waals surface area contributed by atoms with Crippen molar-refractivity contribution in [3.05, 3.63) is 60.0 Å². The Hall–Kier alpha value is -2.11. The maximum absolute atomic E-state index is 14.0. The predicted molar refractivity (Wildman–Crippen MR) is 94.5 cm³/mol. The highest BCUT2D eigenvalue weighted by atomic mass is 32.2. The van der Waals surface area contributed by atoms with Crippen LogP contribution < -0.4 is 4.74 Å². The van der Waals surface area contributed by atoms with Gasteiger partial charge in [0.2, 0.25) is 0 Å². The number of hydrogen-bond acceptors (Lipinski definition) is 3. The number of ether oxygens (including phenoxy) is 1. The summed E-state index contributed by atoms with van der Waals surface area (Å²) in [5.74, 6) is 1.27. The van der Waals surface area contributed by atoms with Gasteiger partial charge >= 0.3 is 0 Å². The third kappa shape index (κ3) is 3.37. The molecule has 3 aromatic rings. The minimum absolute atomic E-state index is 0.277. The van der Waals surface area contributed by atoms with Gasteiger partial charge in [0.05, 0.1) is 5.52 Å². The molecule has 1 aromatic heterocycles. The van der Waals surface area contributed by atoms with Gasteiger partial charge in [0.25, 0.3) is 0 Å². The Bertz CT molecular complexity index is 869. The van der Waals surface area contributed by atoms with Crippen LogP contribution in [0.25, 0.3) is 10.9 Å². The number of aryl methyl sites for hydroxylation is 1. The quantitative estimate of drug-likeness (QED) is 0.622. The van der Waals surface area contributed by atoms with E-state index in [4.69, 9.17) is 4.74 Å². The summed E-state index contributed by atoms with van der Waals surface area (Å²) in [6.45, 7) is 3.78. The van der Waals surface area contributed by atoms with Crippen LogP contribution in [0.2, 0.25) is 0 Å². The Morgan fingerprint density at radius 1 is 1.12 bits per heavy atom. The molecule has 0 fully saturated rings. The molecule has 0 saturated carbocycles. The SMILES string of the molecule is CCc1ccc(Oc2ccnc3ccc([S+]([O-])CC)cc23)cc1F. The Morgan fingerprint density at radius 2 is 1.96 bits per heavy atom. The minimum atomic E-state index is -1.05. The van der Waals surface area contributed by atoms with E-state index in [0.717, 1.165) is 15.8 Å². The van der Waals surface area contributed by atoms with E-state index >= 15 is 0 Å². The molecule has 124 valence electrons. The van der Waals surface area contributed by atoms with Crippen molar-refractivity contribution in [1.82, 2.24) is 4.98 Å². The fourth-order valence-electron chi connectivity index (χ4n) is 2.50. The molecule has 0 N–H and O–H groups in total. The summed E-state index contributed by atoms with van der Waals surface area (Å²) in [5, 5.41) is 0.761. The van der Waals surface area contributed by atoms with E-state index in [9.17, 15) is 8.94 Å². The van der Waals surface area contributed by atoms with Crippen LogP contribution in [0.5, 0.6) is 11.5 Å². The van der Waals surface area contributed by atoms with E-state index in [1.165, 1.54) is 6.07 Å². The summed E-state index contributed by atoms with van der Waals surface area (Å²) >= 11 is -1.05. The van der Waals surface area contributed by atoms with Gasteiger partial charge in [-0.25, -0.2) is 4.39 Å². The molecule has 0 aliphatic heterocycles. The molecule has 0 spiro atoms. The second-order valence-electron chi connectivity index (χ2n) is 5.33. The lowest BCUT2D eigenvalue weighted by atomic mass is 10.1. The highest BCUT2D eigenvalue weighted by Gasteiger charge is 2.12. The first-order valence-electron chi connectivity index (χ1n) is 7.85. The van der Waals surface area contributed by atoms with Crippen molar-refractivity contribution >= 4 is 22.1 Å². The second kappa shape index (κ2) is 7.20. The van der Waals surface area contributed by atoms with Gasteiger partial charge in [-0.05, 0) is 54.3 Å². The van der Waals surface area contributed by atoms with Gasteiger partial charge in [-0.1, -0.05) is 13.0 Å². The van der Waals surface area contributed by atoms with Crippen molar-refractivity contribution in [2.24, 2.45) is 0 Å². The summed E-state index contributed by atoms with van der Waals surface area (Å²) in [7, 11) is 0. The lowest BCUT2D eigenvalue weighted by molar-refractivity contribution is 0.480. The molecule has 0 amide bonds. The Labute approximate surface area is 143 Å². The number of benzene rings is 2. The van der Waals surface area contributed by atoms with Gasteiger partial charge in [0.15, 0.2) is 4.90 Å². The summed E-state index contributed by atoms with van der Waals surface area (Å²) in [4.78, 5) is 5.03. The van der Waals surface area contributed by atoms with E-state index in [0.29, 0.717) is 29.2 Å². The number of aromatic nitrogens is 1. The molecule has 2 aromatic carbocycles. The summed E-state index contributed by atoms with van der Waals surface area (Å²) in [6.07, 6.45) is 2.28. The molecule has 1 heterocycles. The van der Waals surface area contributed by atoms with Gasteiger partial charge in [0.1, 0.15) is 23.1 Å². The second-order valence-corrected chi connectivity index (χ2v) is 7.07. The molecule has 0 aliphatic rings. The van der Waals surface area contributed by atoms with Crippen molar-refractivity contribution in [2.45, 2.75) is 25.2 Å². The zero-order valence-electron chi connectivity index (χ0n) is 13.6. The van der Waals surface area contributed by atoms with Crippen LogP contribution in [0.15, 0.2) is 53.6 Å². The topological polar surface area (TPSA) is 45.2 Å². The lowest BCUT2D eigenvalue weighted by Crippen LogP contribution is -2.03. The Morgan fingerprint density at radius 3 is 2.67 bits per heavy atom. The monoisotopic (exact) mass is 343 g/mol. The summed E-state index contributed by atoms with van der Waals surface area (Å²) in [5.41, 5.74) is 1.40. The number of nitrogens with zero attached hydrogens (tertiary/aromatic N) is 1. The molecule has 0 aliphatic carbocycles. The molecule has 3 nitrogen and oxygen atoms in total. The first-order valence-corrected chi connectivity index (χ1v) is 9.17. The van der Waals surface area contributed by atoms with Gasteiger partial charge in [0, 0.05) is 23.7 Å². The molecule has 3 rings (SSSR count). The zero-order valence-corrected chi connectivity index (χ0v) is 14.4. The van der Waals surface area contributed by atoms with Crippen LogP contribution in [-0.2, 0) is 17.6 Å². The average Bonchev–Trinajstić information content (AvgIpc) is 2.61. The average molecular weight is 343 g/mol. The predicted octanol–water partition coefficient (Wildman–Crippen LogP) is 4.86. The maximum atomic E-state index is 14.0. The molecule has 0 bridgehead atoms. The molecule has 0 radical (unpaired) electrons. The van der Waals surface area contributed by atoms with E-state index in [-0.39, 0.29) is 5.82 Å². The normalized spacial score (nSPS) is 12.3. The fraction of sp³-hybridized carbons (Fsp3) is 0.211. The van der Waals surface area contributed by atoms with Crippen molar-refractivity contribution < 1.29 is 13.7 Å². The van der Waals surface area contributed by atoms with Gasteiger partial charge in [-0.2, -0.15) is 0 Å². The smallest absolute Gasteiger partial charge is 0.153 e. The van der Waals surface area contributed by atoms with Crippen LogP contribution in [0.1, 0.15) is 19.4 Å². The zero-order chi connectivity index (χ0) is 17.1. The number of halogens is 1. The molecular formula is C19H18FNO2S.